The van der Waals surface area contributed by atoms with Crippen LogP contribution in [0, 0.1) is 10.1 Å². The number of rotatable bonds is 4. The molecular formula is C11H13N3O5S. The monoisotopic (exact) mass is 299 g/mol. The van der Waals surface area contributed by atoms with E-state index in [9.17, 15) is 23.3 Å². The van der Waals surface area contributed by atoms with Gasteiger partial charge in [-0.05, 0) is 12.5 Å². The van der Waals surface area contributed by atoms with Crippen LogP contribution in [0.3, 0.4) is 0 Å². The summed E-state index contributed by atoms with van der Waals surface area (Å²) in [4.78, 5) is 22.0. The molecule has 2 rings (SSSR count). The second-order valence-electron chi connectivity index (χ2n) is 4.47. The third-order valence-corrected chi connectivity index (χ3v) is 4.74. The molecule has 9 heteroatoms. The predicted octanol–water partition coefficient (Wildman–Crippen LogP) is 0.0163. The van der Waals surface area contributed by atoms with Crippen LogP contribution in [0.25, 0.3) is 0 Å². The minimum atomic E-state index is -3.05. The number of carbonyl (C=O) groups excluding carboxylic acids is 1. The molecule has 1 aromatic carbocycles. The number of hydrazine groups is 1. The standard InChI is InChI=1S/C11H13N3O5S/c15-11(9-3-1-2-4-10(9)14(16)17)13-12-8-5-6-20(18,19)7-8/h1-4,8,12H,5-7H2,(H,13,15). The van der Waals surface area contributed by atoms with E-state index in [1.54, 1.807) is 0 Å². The average molecular weight is 299 g/mol. The first kappa shape index (κ1) is 14.4. The van der Waals surface area contributed by atoms with E-state index >= 15 is 0 Å². The lowest BCUT2D eigenvalue weighted by Gasteiger charge is -2.12. The van der Waals surface area contributed by atoms with E-state index in [4.69, 9.17) is 0 Å². The maximum Gasteiger partial charge on any atom is 0.282 e. The Morgan fingerprint density at radius 2 is 2.05 bits per heavy atom. The van der Waals surface area contributed by atoms with Crippen LogP contribution in [0.1, 0.15) is 16.8 Å². The smallest absolute Gasteiger partial charge is 0.282 e. The number of amides is 1. The molecule has 1 unspecified atom stereocenters. The number of nitro groups is 1. The van der Waals surface area contributed by atoms with Crippen LogP contribution in [0.5, 0.6) is 0 Å². The number of nitrogens with one attached hydrogen (secondary N) is 2. The van der Waals surface area contributed by atoms with Crippen molar-refractivity contribution >= 4 is 21.4 Å². The van der Waals surface area contributed by atoms with Crippen molar-refractivity contribution in [3.05, 3.63) is 39.9 Å². The Bertz CT molecular complexity index is 643. The number of para-hydroxylation sites is 1. The van der Waals surface area contributed by atoms with Crippen LogP contribution in [-0.4, -0.2) is 36.8 Å². The summed E-state index contributed by atoms with van der Waals surface area (Å²) in [5.41, 5.74) is 4.54. The Labute approximate surface area is 115 Å². The SMILES string of the molecule is O=C(NNC1CCS(=O)(=O)C1)c1ccccc1[N+](=O)[O-]. The molecule has 108 valence electrons. The molecule has 1 aliphatic heterocycles. The summed E-state index contributed by atoms with van der Waals surface area (Å²) in [6.45, 7) is 0. The normalized spacial score (nSPS) is 20.5. The van der Waals surface area contributed by atoms with Crippen molar-refractivity contribution in [2.24, 2.45) is 0 Å². The third-order valence-electron chi connectivity index (χ3n) is 2.97. The molecule has 1 fully saturated rings. The molecule has 1 amide bonds. The predicted molar refractivity (Wildman–Crippen MR) is 70.8 cm³/mol. The fraction of sp³-hybridized carbons (Fsp3) is 0.364. The molecule has 0 radical (unpaired) electrons. The largest absolute Gasteiger partial charge is 0.287 e. The molecule has 1 atom stereocenters. The first-order valence-electron chi connectivity index (χ1n) is 5.89. The first-order valence-corrected chi connectivity index (χ1v) is 7.71. The molecular weight excluding hydrogens is 286 g/mol. The van der Waals surface area contributed by atoms with Crippen LogP contribution in [0.4, 0.5) is 5.69 Å². The Morgan fingerprint density at radius 3 is 2.65 bits per heavy atom. The molecule has 0 spiro atoms. The highest BCUT2D eigenvalue weighted by Gasteiger charge is 2.28. The van der Waals surface area contributed by atoms with Crippen molar-refractivity contribution in [3.63, 3.8) is 0 Å². The van der Waals surface area contributed by atoms with Gasteiger partial charge in [-0.3, -0.25) is 20.3 Å². The number of hydrogen-bond acceptors (Lipinski definition) is 6. The van der Waals surface area contributed by atoms with Crippen molar-refractivity contribution in [1.29, 1.82) is 0 Å². The fourth-order valence-electron chi connectivity index (χ4n) is 1.97. The van der Waals surface area contributed by atoms with Gasteiger partial charge in [-0.15, -0.1) is 0 Å². The van der Waals surface area contributed by atoms with Crippen molar-refractivity contribution in [2.45, 2.75) is 12.5 Å². The van der Waals surface area contributed by atoms with E-state index in [1.165, 1.54) is 24.3 Å². The summed E-state index contributed by atoms with van der Waals surface area (Å²) in [7, 11) is -3.05. The molecule has 0 bridgehead atoms. The number of carbonyl (C=O) groups is 1. The van der Waals surface area contributed by atoms with E-state index in [0.29, 0.717) is 6.42 Å². The highest BCUT2D eigenvalue weighted by atomic mass is 32.2. The van der Waals surface area contributed by atoms with Crippen LogP contribution < -0.4 is 10.9 Å². The van der Waals surface area contributed by atoms with E-state index < -0.39 is 20.7 Å². The number of nitro benzene ring substituents is 1. The van der Waals surface area contributed by atoms with Crippen LogP contribution in [0.2, 0.25) is 0 Å². The van der Waals surface area contributed by atoms with Gasteiger partial charge in [-0.2, -0.15) is 0 Å². The quantitative estimate of drug-likeness (QED) is 0.597. The Balaban J connectivity index is 2.01. The highest BCUT2D eigenvalue weighted by molar-refractivity contribution is 7.91. The number of hydrogen-bond donors (Lipinski definition) is 2. The van der Waals surface area contributed by atoms with Crippen molar-refractivity contribution < 1.29 is 18.1 Å². The molecule has 0 aromatic heterocycles. The zero-order chi connectivity index (χ0) is 14.8. The van der Waals surface area contributed by atoms with Gasteiger partial charge in [0.1, 0.15) is 5.56 Å². The average Bonchev–Trinajstić information content (AvgIpc) is 2.75. The van der Waals surface area contributed by atoms with Crippen molar-refractivity contribution in [3.8, 4) is 0 Å². The lowest BCUT2D eigenvalue weighted by molar-refractivity contribution is -0.385. The summed E-state index contributed by atoms with van der Waals surface area (Å²) in [6, 6.07) is 5.18. The van der Waals surface area contributed by atoms with Gasteiger partial charge in [0.25, 0.3) is 11.6 Å². The van der Waals surface area contributed by atoms with Gasteiger partial charge in [0, 0.05) is 12.1 Å². The van der Waals surface area contributed by atoms with E-state index in [1.807, 2.05) is 0 Å². The second-order valence-corrected chi connectivity index (χ2v) is 6.70. The van der Waals surface area contributed by atoms with Crippen LogP contribution in [0.15, 0.2) is 24.3 Å². The van der Waals surface area contributed by atoms with Crippen molar-refractivity contribution in [1.82, 2.24) is 10.9 Å². The summed E-state index contributed by atoms with van der Waals surface area (Å²) >= 11 is 0. The van der Waals surface area contributed by atoms with Crippen LogP contribution >= 0.6 is 0 Å². The molecule has 1 aromatic rings. The Morgan fingerprint density at radius 1 is 1.35 bits per heavy atom. The van der Waals surface area contributed by atoms with E-state index in [-0.39, 0.29) is 28.8 Å². The molecule has 1 aliphatic rings. The molecule has 20 heavy (non-hydrogen) atoms. The first-order chi connectivity index (χ1) is 9.39. The van der Waals surface area contributed by atoms with Gasteiger partial charge in [0.2, 0.25) is 0 Å². The maximum absolute atomic E-state index is 11.9. The number of sulfone groups is 1. The summed E-state index contributed by atoms with van der Waals surface area (Å²) < 4.78 is 22.5. The molecule has 2 N–H and O–H groups in total. The van der Waals surface area contributed by atoms with Gasteiger partial charge in [0.05, 0.1) is 16.4 Å². The number of benzene rings is 1. The lowest BCUT2D eigenvalue weighted by atomic mass is 10.2. The second kappa shape index (κ2) is 5.55. The molecule has 1 saturated heterocycles. The van der Waals surface area contributed by atoms with Gasteiger partial charge >= 0.3 is 0 Å². The van der Waals surface area contributed by atoms with Crippen LogP contribution in [-0.2, 0) is 9.84 Å². The maximum atomic E-state index is 11.9. The van der Waals surface area contributed by atoms with Gasteiger partial charge in [-0.25, -0.2) is 13.8 Å². The number of nitrogens with zero attached hydrogens (tertiary/aromatic N) is 1. The Kier molecular flexibility index (Phi) is 4.00. The zero-order valence-corrected chi connectivity index (χ0v) is 11.2. The summed E-state index contributed by atoms with van der Waals surface area (Å²) in [5, 5.41) is 10.8. The minimum absolute atomic E-state index is 0.0514. The van der Waals surface area contributed by atoms with Gasteiger partial charge in [0.15, 0.2) is 9.84 Å². The molecule has 8 nitrogen and oxygen atoms in total. The summed E-state index contributed by atoms with van der Waals surface area (Å²) in [5.74, 6) is -0.641. The van der Waals surface area contributed by atoms with E-state index in [0.717, 1.165) is 0 Å². The molecule has 0 aliphatic carbocycles. The lowest BCUT2D eigenvalue weighted by Crippen LogP contribution is -2.45. The van der Waals surface area contributed by atoms with E-state index in [2.05, 4.69) is 10.9 Å². The third kappa shape index (κ3) is 3.31. The molecule has 1 heterocycles. The molecule has 0 saturated carbocycles. The minimum Gasteiger partial charge on any atom is -0.287 e. The van der Waals surface area contributed by atoms with Gasteiger partial charge < -0.3 is 0 Å². The topological polar surface area (TPSA) is 118 Å². The zero-order valence-electron chi connectivity index (χ0n) is 10.4. The van der Waals surface area contributed by atoms with Gasteiger partial charge in [-0.1, -0.05) is 12.1 Å². The fourth-order valence-corrected chi connectivity index (χ4v) is 3.64. The van der Waals surface area contributed by atoms with Crippen molar-refractivity contribution in [2.75, 3.05) is 11.5 Å². The Hall–Kier alpha value is -2.00. The summed E-state index contributed by atoms with van der Waals surface area (Å²) in [6.07, 6.45) is 0.402. The highest BCUT2D eigenvalue weighted by Crippen LogP contribution is 2.17.